The Morgan fingerprint density at radius 1 is 1.03 bits per heavy atom. The smallest absolute Gasteiger partial charge is 0.100 e. The normalized spacial score (nSPS) is 38.8. The molecular formula is C27H32N2. The van der Waals surface area contributed by atoms with Crippen molar-refractivity contribution >= 4 is 16.7 Å². The van der Waals surface area contributed by atoms with Crippen molar-refractivity contribution in [2.24, 2.45) is 28.6 Å². The second-order valence-corrected chi connectivity index (χ2v) is 10.6. The Labute approximate surface area is 174 Å². The predicted octanol–water partition coefficient (Wildman–Crippen LogP) is 7.01. The van der Waals surface area contributed by atoms with Gasteiger partial charge in [-0.3, -0.25) is 0 Å². The van der Waals surface area contributed by atoms with Crippen LogP contribution >= 0.6 is 0 Å². The van der Waals surface area contributed by atoms with Gasteiger partial charge in [0.2, 0.25) is 0 Å². The fourth-order valence-corrected chi connectivity index (χ4v) is 7.64. The summed E-state index contributed by atoms with van der Waals surface area (Å²) in [5.41, 5.74) is 7.71. The van der Waals surface area contributed by atoms with E-state index in [0.717, 1.165) is 29.7 Å². The summed E-state index contributed by atoms with van der Waals surface area (Å²) in [7, 11) is 0. The van der Waals surface area contributed by atoms with Crippen molar-refractivity contribution in [1.82, 2.24) is 9.55 Å². The van der Waals surface area contributed by atoms with Gasteiger partial charge in [0.15, 0.2) is 0 Å². The van der Waals surface area contributed by atoms with Crippen LogP contribution in [0.1, 0.15) is 58.8 Å². The Morgan fingerprint density at radius 2 is 1.90 bits per heavy atom. The standard InChI is InChI=1S/C27H32N2/c1-18-12-14-26(2)19(16-18)8-9-20-21-10-11-25(27(21,3)15-13-22(20)26)29-17-28-23-6-4-5-7-24(23)29/h4-8,11,17,20-22H,1,9-10,12-16H2,2-3H3/t20?,21?,22?,26-,27-/m0/s1. The number of benzene rings is 1. The van der Waals surface area contributed by atoms with Crippen molar-refractivity contribution in [2.75, 3.05) is 0 Å². The molecule has 0 aliphatic heterocycles. The van der Waals surface area contributed by atoms with Gasteiger partial charge in [-0.25, -0.2) is 4.98 Å². The van der Waals surface area contributed by atoms with E-state index in [-0.39, 0.29) is 5.41 Å². The Morgan fingerprint density at radius 3 is 2.79 bits per heavy atom. The first kappa shape index (κ1) is 17.7. The molecule has 1 aromatic carbocycles. The minimum absolute atomic E-state index is 0.268. The highest BCUT2D eigenvalue weighted by Crippen LogP contribution is 2.65. The molecule has 2 saturated carbocycles. The molecule has 2 heteroatoms. The third-order valence-electron chi connectivity index (χ3n) is 9.32. The van der Waals surface area contributed by atoms with E-state index in [1.165, 1.54) is 55.3 Å². The van der Waals surface area contributed by atoms with Gasteiger partial charge in [0.25, 0.3) is 0 Å². The summed E-state index contributed by atoms with van der Waals surface area (Å²) in [5, 5.41) is 0. The number of para-hydroxylation sites is 2. The lowest BCUT2D eigenvalue weighted by Gasteiger charge is -2.57. The van der Waals surface area contributed by atoms with E-state index in [2.05, 4.69) is 72.7 Å². The summed E-state index contributed by atoms with van der Waals surface area (Å²) in [6, 6.07) is 8.57. The summed E-state index contributed by atoms with van der Waals surface area (Å²) >= 11 is 0. The highest BCUT2D eigenvalue weighted by Gasteiger charge is 2.56. The monoisotopic (exact) mass is 384 g/mol. The van der Waals surface area contributed by atoms with Crippen LogP contribution in [-0.4, -0.2) is 9.55 Å². The molecule has 1 aromatic heterocycles. The quantitative estimate of drug-likeness (QED) is 0.484. The number of nitrogens with zero attached hydrogens (tertiary/aromatic N) is 2. The number of hydrogen-bond donors (Lipinski definition) is 0. The summed E-state index contributed by atoms with van der Waals surface area (Å²) in [6.45, 7) is 9.44. The van der Waals surface area contributed by atoms with Gasteiger partial charge in [0, 0.05) is 11.1 Å². The number of hydrogen-bond acceptors (Lipinski definition) is 1. The molecule has 4 aliphatic carbocycles. The molecule has 0 spiro atoms. The van der Waals surface area contributed by atoms with Crippen LogP contribution in [0.3, 0.4) is 0 Å². The van der Waals surface area contributed by atoms with Crippen molar-refractivity contribution < 1.29 is 0 Å². The van der Waals surface area contributed by atoms with Crippen molar-refractivity contribution in [2.45, 2.75) is 58.8 Å². The Bertz CT molecular complexity index is 1070. The largest absolute Gasteiger partial charge is 0.302 e. The van der Waals surface area contributed by atoms with Gasteiger partial charge in [-0.05, 0) is 80.2 Å². The molecule has 0 amide bonds. The van der Waals surface area contributed by atoms with E-state index in [4.69, 9.17) is 0 Å². The Kier molecular flexibility index (Phi) is 3.65. The summed E-state index contributed by atoms with van der Waals surface area (Å²) in [6.07, 6.45) is 16.1. The molecule has 2 fully saturated rings. The van der Waals surface area contributed by atoms with Gasteiger partial charge < -0.3 is 4.57 Å². The van der Waals surface area contributed by atoms with Crippen molar-refractivity contribution in [3.05, 3.63) is 60.5 Å². The number of fused-ring (bicyclic) bond motifs is 6. The second kappa shape index (κ2) is 5.97. The summed E-state index contributed by atoms with van der Waals surface area (Å²) < 4.78 is 2.39. The van der Waals surface area contributed by atoms with E-state index < -0.39 is 0 Å². The molecule has 0 saturated heterocycles. The first-order chi connectivity index (χ1) is 14.0. The third-order valence-corrected chi connectivity index (χ3v) is 9.32. The zero-order valence-electron chi connectivity index (χ0n) is 17.8. The van der Waals surface area contributed by atoms with E-state index in [9.17, 15) is 0 Å². The SMILES string of the molecule is C=C1CC[C@@]2(C)C(=CCC3C2CC[C@]2(C)C(n4cnc5ccccc54)=CCC32)C1. The first-order valence-electron chi connectivity index (χ1n) is 11.5. The van der Waals surface area contributed by atoms with Crippen LogP contribution in [0.25, 0.3) is 16.7 Å². The topological polar surface area (TPSA) is 17.8 Å². The van der Waals surface area contributed by atoms with Crippen LogP contribution in [0.4, 0.5) is 0 Å². The average molecular weight is 385 g/mol. The minimum Gasteiger partial charge on any atom is -0.302 e. The highest BCUT2D eigenvalue weighted by molar-refractivity contribution is 5.80. The van der Waals surface area contributed by atoms with Gasteiger partial charge in [-0.2, -0.15) is 0 Å². The van der Waals surface area contributed by atoms with Crippen LogP contribution in [0, 0.1) is 28.6 Å². The van der Waals surface area contributed by atoms with Gasteiger partial charge in [0.05, 0.1) is 11.0 Å². The second-order valence-electron chi connectivity index (χ2n) is 10.6. The van der Waals surface area contributed by atoms with Crippen LogP contribution < -0.4 is 0 Å². The van der Waals surface area contributed by atoms with Gasteiger partial charge in [-0.1, -0.05) is 55.9 Å². The lowest BCUT2D eigenvalue weighted by Crippen LogP contribution is -2.49. The van der Waals surface area contributed by atoms with Gasteiger partial charge in [-0.15, -0.1) is 0 Å². The maximum atomic E-state index is 4.69. The van der Waals surface area contributed by atoms with Crippen LogP contribution in [0.15, 0.2) is 60.5 Å². The molecule has 2 nitrogen and oxygen atoms in total. The summed E-state index contributed by atoms with van der Waals surface area (Å²) in [4.78, 5) is 4.69. The van der Waals surface area contributed by atoms with E-state index in [0.29, 0.717) is 5.41 Å². The van der Waals surface area contributed by atoms with Gasteiger partial charge in [0.1, 0.15) is 6.33 Å². The zero-order chi connectivity index (χ0) is 19.8. The Balaban J connectivity index is 1.37. The lowest BCUT2D eigenvalue weighted by molar-refractivity contribution is -0.00795. The summed E-state index contributed by atoms with van der Waals surface area (Å²) in [5.74, 6) is 2.43. The number of aromatic nitrogens is 2. The molecule has 3 unspecified atom stereocenters. The fraction of sp³-hybridized carbons (Fsp3) is 0.519. The Hall–Kier alpha value is -2.09. The van der Waals surface area contributed by atoms with Crippen LogP contribution in [0.2, 0.25) is 0 Å². The molecule has 0 N–H and O–H groups in total. The zero-order valence-corrected chi connectivity index (χ0v) is 17.8. The third kappa shape index (κ3) is 2.32. The van der Waals surface area contributed by atoms with E-state index in [1.807, 2.05) is 0 Å². The first-order valence-corrected chi connectivity index (χ1v) is 11.5. The molecule has 0 bridgehead atoms. The molecule has 29 heavy (non-hydrogen) atoms. The molecule has 6 rings (SSSR count). The van der Waals surface area contributed by atoms with Crippen molar-refractivity contribution in [3.63, 3.8) is 0 Å². The van der Waals surface area contributed by atoms with Crippen molar-refractivity contribution in [3.8, 4) is 0 Å². The maximum Gasteiger partial charge on any atom is 0.100 e. The molecule has 150 valence electrons. The molecule has 5 atom stereocenters. The van der Waals surface area contributed by atoms with E-state index in [1.54, 1.807) is 5.57 Å². The maximum absolute atomic E-state index is 4.69. The number of imidazole rings is 1. The predicted molar refractivity (Wildman–Crippen MR) is 120 cm³/mol. The molecule has 4 aliphatic rings. The molecule has 1 heterocycles. The number of allylic oxidation sites excluding steroid dienone is 5. The molecule has 2 aromatic rings. The van der Waals surface area contributed by atoms with Crippen molar-refractivity contribution in [1.29, 1.82) is 0 Å². The van der Waals surface area contributed by atoms with E-state index >= 15 is 0 Å². The van der Waals surface area contributed by atoms with Gasteiger partial charge >= 0.3 is 0 Å². The lowest BCUT2D eigenvalue weighted by atomic mass is 9.47. The molecule has 0 radical (unpaired) electrons. The highest BCUT2D eigenvalue weighted by atomic mass is 15.1. The number of rotatable bonds is 1. The average Bonchev–Trinajstić information content (AvgIpc) is 3.29. The minimum atomic E-state index is 0.268. The van der Waals surface area contributed by atoms with Crippen LogP contribution in [0.5, 0.6) is 0 Å². The van der Waals surface area contributed by atoms with Crippen LogP contribution in [-0.2, 0) is 0 Å². The molecular weight excluding hydrogens is 352 g/mol. The fourth-order valence-electron chi connectivity index (χ4n) is 7.64.